The van der Waals surface area contributed by atoms with Gasteiger partial charge in [0.15, 0.2) is 5.54 Å². The van der Waals surface area contributed by atoms with Crippen LogP contribution in [0.25, 0.3) is 0 Å². The third kappa shape index (κ3) is 3.65. The number of nitrogens with one attached hydrogen (secondary N) is 1. The van der Waals surface area contributed by atoms with Gasteiger partial charge in [0.25, 0.3) is 5.91 Å². The van der Waals surface area contributed by atoms with Crippen molar-refractivity contribution in [3.05, 3.63) is 81.5 Å². The van der Waals surface area contributed by atoms with E-state index >= 15 is 0 Å². The molecule has 0 unspecified atom stereocenters. The fourth-order valence-electron chi connectivity index (χ4n) is 4.57. The molecule has 3 heterocycles. The standard InChI is InChI=1S/C25H25N3O4S/c1-31-20-7-3-18(4-8-20)25(19-5-9-21(32-2)10-6-19)23(29)28(24(30)26-25)16-27-13-11-22-17(15-27)12-14-33-22/h3-10,12,14H,11,13,15-16H2,1-2H3,(H,26,30). The lowest BCUT2D eigenvalue weighted by molar-refractivity contribution is -0.131. The Labute approximate surface area is 196 Å². The summed E-state index contributed by atoms with van der Waals surface area (Å²) < 4.78 is 10.6. The van der Waals surface area contributed by atoms with E-state index in [-0.39, 0.29) is 12.6 Å². The Morgan fingerprint density at radius 3 is 2.12 bits per heavy atom. The van der Waals surface area contributed by atoms with Gasteiger partial charge in [0.2, 0.25) is 0 Å². The molecule has 5 rings (SSSR count). The fraction of sp³-hybridized carbons (Fsp3) is 0.280. The molecule has 1 N–H and O–H groups in total. The van der Waals surface area contributed by atoms with Gasteiger partial charge in [0.1, 0.15) is 11.5 Å². The van der Waals surface area contributed by atoms with Crippen molar-refractivity contribution in [3.8, 4) is 11.5 Å². The Kier molecular flexibility index (Phi) is 5.55. The molecule has 3 aromatic rings. The molecular weight excluding hydrogens is 438 g/mol. The van der Waals surface area contributed by atoms with Crippen molar-refractivity contribution < 1.29 is 19.1 Å². The lowest BCUT2D eigenvalue weighted by atomic mass is 9.82. The van der Waals surface area contributed by atoms with E-state index in [2.05, 4.69) is 21.7 Å². The van der Waals surface area contributed by atoms with Crippen molar-refractivity contribution in [1.29, 1.82) is 0 Å². The van der Waals surface area contributed by atoms with Crippen LogP contribution in [0.2, 0.25) is 0 Å². The zero-order chi connectivity index (χ0) is 23.0. The fourth-order valence-corrected chi connectivity index (χ4v) is 5.46. The van der Waals surface area contributed by atoms with Gasteiger partial charge in [0.05, 0.1) is 20.9 Å². The average Bonchev–Trinajstić information content (AvgIpc) is 3.42. The first-order valence-corrected chi connectivity index (χ1v) is 11.6. The van der Waals surface area contributed by atoms with Crippen molar-refractivity contribution in [2.24, 2.45) is 0 Å². The number of fused-ring (bicyclic) bond motifs is 1. The van der Waals surface area contributed by atoms with Gasteiger partial charge in [-0.15, -0.1) is 11.3 Å². The first kappa shape index (κ1) is 21.5. The van der Waals surface area contributed by atoms with Gasteiger partial charge in [-0.3, -0.25) is 9.69 Å². The van der Waals surface area contributed by atoms with E-state index in [4.69, 9.17) is 9.47 Å². The molecule has 1 saturated heterocycles. The third-order valence-corrected chi connectivity index (χ3v) is 7.40. The van der Waals surface area contributed by atoms with Crippen LogP contribution in [-0.4, -0.2) is 49.2 Å². The maximum Gasteiger partial charge on any atom is 0.326 e. The van der Waals surface area contributed by atoms with Gasteiger partial charge in [-0.05, 0) is 58.8 Å². The largest absolute Gasteiger partial charge is 0.497 e. The summed E-state index contributed by atoms with van der Waals surface area (Å²) in [5.41, 5.74) is 1.30. The van der Waals surface area contributed by atoms with Crippen LogP contribution >= 0.6 is 11.3 Å². The maximum atomic E-state index is 14.0. The molecule has 0 radical (unpaired) electrons. The number of carbonyl (C=O) groups is 2. The molecule has 1 fully saturated rings. The number of rotatable bonds is 6. The van der Waals surface area contributed by atoms with Gasteiger partial charge in [-0.25, -0.2) is 9.69 Å². The highest BCUT2D eigenvalue weighted by Gasteiger charge is 2.54. The molecule has 0 saturated carbocycles. The number of hydrogen-bond acceptors (Lipinski definition) is 6. The predicted octanol–water partition coefficient (Wildman–Crippen LogP) is 3.58. The second-order valence-electron chi connectivity index (χ2n) is 8.18. The van der Waals surface area contributed by atoms with Crippen LogP contribution in [-0.2, 0) is 23.3 Å². The second kappa shape index (κ2) is 8.53. The minimum absolute atomic E-state index is 0.244. The minimum Gasteiger partial charge on any atom is -0.497 e. The molecule has 8 heteroatoms. The SMILES string of the molecule is COc1ccc(C2(c3ccc(OC)cc3)NC(=O)N(CN3CCc4sccc4C3)C2=O)cc1. The highest BCUT2D eigenvalue weighted by Crippen LogP contribution is 2.38. The second-order valence-corrected chi connectivity index (χ2v) is 9.18. The first-order valence-electron chi connectivity index (χ1n) is 10.8. The van der Waals surface area contributed by atoms with Gasteiger partial charge in [-0.2, -0.15) is 0 Å². The number of nitrogens with zero attached hydrogens (tertiary/aromatic N) is 2. The van der Waals surface area contributed by atoms with E-state index in [0.29, 0.717) is 22.6 Å². The van der Waals surface area contributed by atoms with Gasteiger partial charge >= 0.3 is 6.03 Å². The zero-order valence-corrected chi connectivity index (χ0v) is 19.4. The Balaban J connectivity index is 1.50. The topological polar surface area (TPSA) is 71.1 Å². The number of imide groups is 1. The van der Waals surface area contributed by atoms with Crippen LogP contribution < -0.4 is 14.8 Å². The van der Waals surface area contributed by atoms with Crippen molar-refractivity contribution in [2.75, 3.05) is 27.4 Å². The van der Waals surface area contributed by atoms with Gasteiger partial charge in [-0.1, -0.05) is 24.3 Å². The van der Waals surface area contributed by atoms with E-state index in [1.165, 1.54) is 15.3 Å². The number of hydrogen-bond donors (Lipinski definition) is 1. The quantitative estimate of drug-likeness (QED) is 0.566. The molecule has 7 nitrogen and oxygen atoms in total. The highest BCUT2D eigenvalue weighted by atomic mass is 32.1. The molecule has 0 spiro atoms. The number of ether oxygens (including phenoxy) is 2. The number of carbonyl (C=O) groups excluding carboxylic acids is 2. The summed E-state index contributed by atoms with van der Waals surface area (Å²) in [6.07, 6.45) is 0.929. The number of urea groups is 1. The average molecular weight is 464 g/mol. The molecule has 33 heavy (non-hydrogen) atoms. The molecular formula is C25H25N3O4S. The maximum absolute atomic E-state index is 14.0. The van der Waals surface area contributed by atoms with Crippen LogP contribution in [0.5, 0.6) is 11.5 Å². The summed E-state index contributed by atoms with van der Waals surface area (Å²) >= 11 is 1.76. The first-order chi connectivity index (χ1) is 16.0. The summed E-state index contributed by atoms with van der Waals surface area (Å²) in [5.74, 6) is 1.06. The van der Waals surface area contributed by atoms with Crippen LogP contribution in [0.1, 0.15) is 21.6 Å². The van der Waals surface area contributed by atoms with Gasteiger partial charge < -0.3 is 14.8 Å². The summed E-state index contributed by atoms with van der Waals surface area (Å²) in [7, 11) is 3.19. The van der Waals surface area contributed by atoms with Crippen LogP contribution in [0.4, 0.5) is 4.79 Å². The summed E-state index contributed by atoms with van der Waals surface area (Å²) in [5, 5.41) is 5.11. The van der Waals surface area contributed by atoms with E-state index in [1.807, 2.05) is 24.3 Å². The molecule has 0 atom stereocenters. The monoisotopic (exact) mass is 463 g/mol. The predicted molar refractivity (Wildman–Crippen MR) is 125 cm³/mol. The minimum atomic E-state index is -1.32. The van der Waals surface area contributed by atoms with Crippen molar-refractivity contribution in [2.45, 2.75) is 18.5 Å². The van der Waals surface area contributed by atoms with Crippen molar-refractivity contribution in [1.82, 2.24) is 15.1 Å². The Morgan fingerprint density at radius 2 is 1.55 bits per heavy atom. The Hall–Kier alpha value is -3.36. The van der Waals surface area contributed by atoms with Gasteiger partial charge in [0, 0.05) is 18.0 Å². The van der Waals surface area contributed by atoms with E-state index in [0.717, 1.165) is 19.5 Å². The lowest BCUT2D eigenvalue weighted by Crippen LogP contribution is -2.47. The van der Waals surface area contributed by atoms with E-state index in [1.54, 1.807) is 49.8 Å². The molecule has 0 aliphatic carbocycles. The van der Waals surface area contributed by atoms with E-state index in [9.17, 15) is 9.59 Å². The normalized spacial score (nSPS) is 17.6. The van der Waals surface area contributed by atoms with Crippen molar-refractivity contribution in [3.63, 3.8) is 0 Å². The molecule has 2 aliphatic rings. The Bertz CT molecular complexity index is 1130. The number of thiophene rings is 1. The van der Waals surface area contributed by atoms with Crippen LogP contribution in [0, 0.1) is 0 Å². The smallest absolute Gasteiger partial charge is 0.326 e. The molecule has 0 bridgehead atoms. The third-order valence-electron chi connectivity index (χ3n) is 6.38. The molecule has 2 aliphatic heterocycles. The van der Waals surface area contributed by atoms with Crippen molar-refractivity contribution >= 4 is 23.3 Å². The van der Waals surface area contributed by atoms with Crippen LogP contribution in [0.3, 0.4) is 0 Å². The molecule has 3 amide bonds. The number of amides is 3. The van der Waals surface area contributed by atoms with E-state index < -0.39 is 11.6 Å². The number of benzene rings is 2. The van der Waals surface area contributed by atoms with Crippen LogP contribution in [0.15, 0.2) is 60.0 Å². The highest BCUT2D eigenvalue weighted by molar-refractivity contribution is 7.10. The lowest BCUT2D eigenvalue weighted by Gasteiger charge is -2.31. The summed E-state index contributed by atoms with van der Waals surface area (Å²) in [6.45, 7) is 1.78. The zero-order valence-electron chi connectivity index (χ0n) is 18.5. The molecule has 1 aromatic heterocycles. The molecule has 2 aromatic carbocycles. The number of methoxy groups -OCH3 is 2. The Morgan fingerprint density at radius 1 is 0.939 bits per heavy atom. The summed E-state index contributed by atoms with van der Waals surface area (Å²) in [6, 6.07) is 16.2. The summed E-state index contributed by atoms with van der Waals surface area (Å²) in [4.78, 5) is 32.0. The molecule has 170 valence electrons.